The van der Waals surface area contributed by atoms with E-state index in [0.717, 1.165) is 30.0 Å². The van der Waals surface area contributed by atoms with Crippen molar-refractivity contribution in [3.05, 3.63) is 88.4 Å². The molecule has 37 heavy (non-hydrogen) atoms. The van der Waals surface area contributed by atoms with Crippen molar-refractivity contribution in [1.29, 1.82) is 0 Å². The molecule has 10 heteroatoms. The van der Waals surface area contributed by atoms with Gasteiger partial charge in [-0.05, 0) is 55.3 Å². The Morgan fingerprint density at radius 3 is 2.08 bits per heavy atom. The van der Waals surface area contributed by atoms with E-state index in [1.54, 1.807) is 47.4 Å². The molecule has 0 aromatic heterocycles. The van der Waals surface area contributed by atoms with Crippen LogP contribution in [0.25, 0.3) is 0 Å². The number of benzene rings is 3. The van der Waals surface area contributed by atoms with E-state index < -0.39 is 22.5 Å². The second-order valence-electron chi connectivity index (χ2n) is 8.75. The molecule has 1 saturated heterocycles. The van der Waals surface area contributed by atoms with E-state index >= 15 is 0 Å². The predicted octanol–water partition coefficient (Wildman–Crippen LogP) is 5.84. The number of amides is 2. The van der Waals surface area contributed by atoms with Crippen LogP contribution in [0.3, 0.4) is 0 Å². The van der Waals surface area contributed by atoms with Gasteiger partial charge in [0.25, 0.3) is 15.9 Å². The zero-order chi connectivity index (χ0) is 26.4. The van der Waals surface area contributed by atoms with E-state index in [1.165, 1.54) is 30.3 Å². The summed E-state index contributed by atoms with van der Waals surface area (Å²) >= 11 is 12.3. The maximum absolute atomic E-state index is 13.6. The molecule has 2 amide bonds. The van der Waals surface area contributed by atoms with Crippen LogP contribution >= 0.6 is 23.2 Å². The van der Waals surface area contributed by atoms with Crippen LogP contribution in [0.1, 0.15) is 36.0 Å². The molecular formula is C27H27Cl2N3O4S. The molecule has 1 heterocycles. The van der Waals surface area contributed by atoms with Gasteiger partial charge in [-0.3, -0.25) is 13.9 Å². The number of sulfonamides is 1. The average Bonchev–Trinajstić information content (AvgIpc) is 3.17. The van der Waals surface area contributed by atoms with Gasteiger partial charge in [-0.1, -0.05) is 66.4 Å². The highest BCUT2D eigenvalue weighted by atomic mass is 35.5. The molecule has 7 nitrogen and oxygen atoms in total. The van der Waals surface area contributed by atoms with Gasteiger partial charge in [-0.2, -0.15) is 0 Å². The lowest BCUT2D eigenvalue weighted by Crippen LogP contribution is -2.38. The number of hydrogen-bond acceptors (Lipinski definition) is 4. The van der Waals surface area contributed by atoms with E-state index in [-0.39, 0.29) is 26.5 Å². The predicted molar refractivity (Wildman–Crippen MR) is 147 cm³/mol. The summed E-state index contributed by atoms with van der Waals surface area (Å²) in [4.78, 5) is 28.3. The van der Waals surface area contributed by atoms with Gasteiger partial charge in [0, 0.05) is 23.1 Å². The molecule has 1 fully saturated rings. The third-order valence-electron chi connectivity index (χ3n) is 6.08. The molecule has 4 rings (SSSR count). The first-order valence-electron chi connectivity index (χ1n) is 12.0. The summed E-state index contributed by atoms with van der Waals surface area (Å²) in [5, 5.41) is 3.19. The fourth-order valence-corrected chi connectivity index (χ4v) is 6.20. The number of anilines is 2. The van der Waals surface area contributed by atoms with Crippen molar-refractivity contribution in [2.75, 3.05) is 29.3 Å². The van der Waals surface area contributed by atoms with Gasteiger partial charge < -0.3 is 10.2 Å². The van der Waals surface area contributed by atoms with Gasteiger partial charge >= 0.3 is 0 Å². The zero-order valence-electron chi connectivity index (χ0n) is 20.1. The molecule has 194 valence electrons. The molecule has 1 N–H and O–H groups in total. The van der Waals surface area contributed by atoms with Crippen molar-refractivity contribution in [2.24, 2.45) is 0 Å². The minimum Gasteiger partial charge on any atom is -0.339 e. The third-order valence-corrected chi connectivity index (χ3v) is 8.30. The number of nitrogens with zero attached hydrogens (tertiary/aromatic N) is 2. The summed E-state index contributed by atoms with van der Waals surface area (Å²) < 4.78 is 28.1. The third kappa shape index (κ3) is 6.63. The second kappa shape index (κ2) is 12.0. The van der Waals surface area contributed by atoms with Crippen molar-refractivity contribution in [1.82, 2.24) is 4.90 Å². The van der Waals surface area contributed by atoms with Crippen molar-refractivity contribution in [2.45, 2.75) is 30.6 Å². The topological polar surface area (TPSA) is 86.8 Å². The van der Waals surface area contributed by atoms with E-state index in [1.807, 2.05) is 0 Å². The van der Waals surface area contributed by atoms with Crippen molar-refractivity contribution < 1.29 is 18.0 Å². The van der Waals surface area contributed by atoms with Gasteiger partial charge in [-0.25, -0.2) is 8.42 Å². The van der Waals surface area contributed by atoms with Crippen LogP contribution in [0.5, 0.6) is 0 Å². The van der Waals surface area contributed by atoms with Crippen molar-refractivity contribution in [3.8, 4) is 0 Å². The first-order chi connectivity index (χ1) is 17.8. The molecule has 0 aliphatic carbocycles. The lowest BCUT2D eigenvalue weighted by molar-refractivity contribution is -0.114. The fraction of sp³-hybridized carbons (Fsp3) is 0.259. The highest BCUT2D eigenvalue weighted by molar-refractivity contribution is 7.92. The van der Waals surface area contributed by atoms with Crippen molar-refractivity contribution in [3.63, 3.8) is 0 Å². The zero-order valence-corrected chi connectivity index (χ0v) is 22.4. The standard InChI is InChI=1S/C27H27Cl2N3O4S/c28-20-16-21(29)18-22(17-20)32(37(35,36)23-10-4-3-5-11-23)19-26(33)30-25-13-7-6-12-24(25)27(34)31-14-8-1-2-9-15-31/h3-7,10-13,16-18H,1-2,8-9,14-15,19H2,(H,30,33). The Hall–Kier alpha value is -3.07. The monoisotopic (exact) mass is 559 g/mol. The molecule has 0 atom stereocenters. The quantitative estimate of drug-likeness (QED) is 0.393. The molecule has 3 aromatic rings. The molecule has 0 unspecified atom stereocenters. The maximum atomic E-state index is 13.6. The van der Waals surface area contributed by atoms with Crippen LogP contribution in [0, 0.1) is 0 Å². The molecule has 1 aliphatic heterocycles. The molecule has 0 saturated carbocycles. The minimum absolute atomic E-state index is 0.00985. The summed E-state index contributed by atoms with van der Waals surface area (Å²) in [7, 11) is -4.14. The van der Waals surface area contributed by atoms with Crippen LogP contribution in [-0.2, 0) is 14.8 Å². The Morgan fingerprint density at radius 2 is 1.43 bits per heavy atom. The molecule has 0 spiro atoms. The van der Waals surface area contributed by atoms with Crippen LogP contribution in [-0.4, -0.2) is 44.8 Å². The first-order valence-corrected chi connectivity index (χ1v) is 14.2. The van der Waals surface area contributed by atoms with Gasteiger partial charge in [0.1, 0.15) is 6.54 Å². The molecule has 1 aliphatic rings. The van der Waals surface area contributed by atoms with Crippen molar-refractivity contribution >= 4 is 56.4 Å². The lowest BCUT2D eigenvalue weighted by atomic mass is 10.1. The molecule has 3 aromatic carbocycles. The average molecular weight is 561 g/mol. The molecule has 0 bridgehead atoms. The summed E-state index contributed by atoms with van der Waals surface area (Å²) in [5.41, 5.74) is 0.828. The number of nitrogens with one attached hydrogen (secondary N) is 1. The number of carbonyl (C=O) groups excluding carboxylic acids is 2. The number of likely N-dealkylation sites (tertiary alicyclic amines) is 1. The van der Waals surface area contributed by atoms with Gasteiger partial charge in [0.15, 0.2) is 0 Å². The highest BCUT2D eigenvalue weighted by Crippen LogP contribution is 2.30. The van der Waals surface area contributed by atoms with Gasteiger partial charge in [0.2, 0.25) is 5.91 Å². The lowest BCUT2D eigenvalue weighted by Gasteiger charge is -2.25. The largest absolute Gasteiger partial charge is 0.339 e. The number of para-hydroxylation sites is 1. The van der Waals surface area contributed by atoms with Crippen LogP contribution in [0.4, 0.5) is 11.4 Å². The number of carbonyl (C=O) groups is 2. The number of rotatable bonds is 7. The van der Waals surface area contributed by atoms with Gasteiger partial charge in [0.05, 0.1) is 21.8 Å². The first kappa shape index (κ1) is 27.0. The smallest absolute Gasteiger partial charge is 0.264 e. The van der Waals surface area contributed by atoms with E-state index in [4.69, 9.17) is 23.2 Å². The van der Waals surface area contributed by atoms with Crippen LogP contribution in [0.2, 0.25) is 10.0 Å². The van der Waals surface area contributed by atoms with E-state index in [9.17, 15) is 18.0 Å². The highest BCUT2D eigenvalue weighted by Gasteiger charge is 2.28. The molecular weight excluding hydrogens is 533 g/mol. The normalized spacial score (nSPS) is 14.1. The Balaban J connectivity index is 1.62. The summed E-state index contributed by atoms with van der Waals surface area (Å²) in [6, 6.07) is 18.9. The van der Waals surface area contributed by atoms with Crippen LogP contribution in [0.15, 0.2) is 77.7 Å². The molecule has 0 radical (unpaired) electrons. The Bertz CT molecular complexity index is 1360. The van der Waals surface area contributed by atoms with Crippen LogP contribution < -0.4 is 9.62 Å². The maximum Gasteiger partial charge on any atom is 0.264 e. The Morgan fingerprint density at radius 1 is 0.838 bits per heavy atom. The summed E-state index contributed by atoms with van der Waals surface area (Å²) in [6.45, 7) is 0.777. The fourth-order valence-electron chi connectivity index (χ4n) is 4.26. The van der Waals surface area contributed by atoms with E-state index in [0.29, 0.717) is 24.3 Å². The Labute approximate surface area is 227 Å². The van der Waals surface area contributed by atoms with Gasteiger partial charge in [-0.15, -0.1) is 0 Å². The SMILES string of the molecule is O=C(CN(c1cc(Cl)cc(Cl)c1)S(=O)(=O)c1ccccc1)Nc1ccccc1C(=O)N1CCCCCC1. The minimum atomic E-state index is -4.14. The second-order valence-corrected chi connectivity index (χ2v) is 11.5. The number of hydrogen-bond donors (Lipinski definition) is 1. The number of halogens is 2. The summed E-state index contributed by atoms with van der Waals surface area (Å²) in [6.07, 6.45) is 4.05. The Kier molecular flexibility index (Phi) is 8.74. The summed E-state index contributed by atoms with van der Waals surface area (Å²) in [5.74, 6) is -0.778. The van der Waals surface area contributed by atoms with E-state index in [2.05, 4.69) is 5.32 Å².